The minimum Gasteiger partial charge on any atom is -0.483 e. The molecule has 3 aromatic rings. The molecule has 28 heavy (non-hydrogen) atoms. The molecule has 3 aromatic carbocycles. The maximum Gasteiger partial charge on any atom is 0.260 e. The molecule has 0 unspecified atom stereocenters. The normalized spacial score (nSPS) is 10.5. The fourth-order valence-corrected chi connectivity index (χ4v) is 3.25. The number of amides is 1. The minimum absolute atomic E-state index is 0.0412. The van der Waals surface area contributed by atoms with Crippen LogP contribution in [0.3, 0.4) is 0 Å². The van der Waals surface area contributed by atoms with Gasteiger partial charge in [-0.05, 0) is 28.8 Å². The molecule has 0 spiro atoms. The molecule has 0 saturated carbocycles. The summed E-state index contributed by atoms with van der Waals surface area (Å²) in [4.78, 5) is 14.1. The molecular formula is C23H21Cl2NO2. The number of likely N-dealkylation sites (N-methyl/N-ethyl adjacent to an activating group) is 1. The first-order valence-corrected chi connectivity index (χ1v) is 9.71. The number of rotatable bonds is 7. The van der Waals surface area contributed by atoms with Crippen molar-refractivity contribution in [2.45, 2.75) is 13.0 Å². The molecule has 0 bridgehead atoms. The Morgan fingerprint density at radius 1 is 0.893 bits per heavy atom. The molecule has 0 fully saturated rings. The van der Waals surface area contributed by atoms with Gasteiger partial charge in [0.2, 0.25) is 0 Å². The highest BCUT2D eigenvalue weighted by Gasteiger charge is 2.14. The van der Waals surface area contributed by atoms with Crippen molar-refractivity contribution in [3.05, 3.63) is 99.5 Å². The summed E-state index contributed by atoms with van der Waals surface area (Å²) in [6.45, 7) is 0.327. The van der Waals surface area contributed by atoms with E-state index in [1.165, 1.54) is 5.56 Å². The predicted octanol–water partition coefficient (Wildman–Crippen LogP) is 5.62. The first-order valence-electron chi connectivity index (χ1n) is 8.96. The maximum atomic E-state index is 12.5. The summed E-state index contributed by atoms with van der Waals surface area (Å²) in [5.41, 5.74) is 3.04. The number of hydrogen-bond acceptors (Lipinski definition) is 2. The number of hydrogen-bond donors (Lipinski definition) is 0. The molecule has 3 nitrogen and oxygen atoms in total. The van der Waals surface area contributed by atoms with Gasteiger partial charge in [-0.1, -0.05) is 83.9 Å². The van der Waals surface area contributed by atoms with E-state index in [-0.39, 0.29) is 12.5 Å². The number of ether oxygens (including phenoxy) is 1. The fourth-order valence-electron chi connectivity index (χ4n) is 2.87. The predicted molar refractivity (Wildman–Crippen MR) is 114 cm³/mol. The second-order valence-electron chi connectivity index (χ2n) is 6.52. The lowest BCUT2D eigenvalue weighted by molar-refractivity contribution is -0.132. The zero-order valence-electron chi connectivity index (χ0n) is 15.6. The van der Waals surface area contributed by atoms with E-state index in [4.69, 9.17) is 27.9 Å². The van der Waals surface area contributed by atoms with Gasteiger partial charge < -0.3 is 9.64 Å². The lowest BCUT2D eigenvalue weighted by Gasteiger charge is -2.19. The molecule has 0 aliphatic carbocycles. The molecule has 144 valence electrons. The fraction of sp³-hybridized carbons (Fsp3) is 0.174. The average molecular weight is 414 g/mol. The van der Waals surface area contributed by atoms with Crippen molar-refractivity contribution in [1.29, 1.82) is 0 Å². The Hall–Kier alpha value is -2.49. The van der Waals surface area contributed by atoms with Crippen molar-refractivity contribution >= 4 is 29.1 Å². The minimum atomic E-state index is -0.134. The molecule has 0 atom stereocenters. The summed E-state index contributed by atoms with van der Waals surface area (Å²) >= 11 is 12.3. The van der Waals surface area contributed by atoms with Crippen molar-refractivity contribution in [1.82, 2.24) is 4.90 Å². The number of carbonyl (C=O) groups excluding carboxylic acids is 1. The molecule has 0 radical (unpaired) electrons. The molecule has 0 heterocycles. The first-order chi connectivity index (χ1) is 13.5. The van der Waals surface area contributed by atoms with E-state index in [0.29, 0.717) is 22.3 Å². The smallest absolute Gasteiger partial charge is 0.260 e. The Balaban J connectivity index is 1.62. The molecule has 0 aromatic heterocycles. The highest BCUT2D eigenvalue weighted by atomic mass is 35.5. The van der Waals surface area contributed by atoms with Crippen molar-refractivity contribution in [2.75, 3.05) is 13.7 Å². The molecule has 5 heteroatoms. The molecule has 0 aliphatic rings. The lowest BCUT2D eigenvalue weighted by Crippen LogP contribution is -2.31. The van der Waals surface area contributed by atoms with Gasteiger partial charge in [0.1, 0.15) is 5.75 Å². The van der Waals surface area contributed by atoms with E-state index in [1.54, 1.807) is 18.0 Å². The molecule has 0 saturated heterocycles. The standard InChI is InChI=1S/C23H21Cl2NO2/c1-26(15-19-11-7-12-20(24)23(19)25)22(27)16-28-21-13-6-5-10-18(21)14-17-8-3-2-4-9-17/h2-13H,14-16H2,1H3. The van der Waals surface area contributed by atoms with E-state index in [2.05, 4.69) is 12.1 Å². The Morgan fingerprint density at radius 3 is 2.36 bits per heavy atom. The van der Waals surface area contributed by atoms with Crippen LogP contribution in [0, 0.1) is 0 Å². The quantitative estimate of drug-likeness (QED) is 0.502. The van der Waals surface area contributed by atoms with Crippen LogP contribution in [0.2, 0.25) is 10.0 Å². The third-order valence-corrected chi connectivity index (χ3v) is 5.28. The van der Waals surface area contributed by atoms with E-state index >= 15 is 0 Å². The number of nitrogens with zero attached hydrogens (tertiary/aromatic N) is 1. The summed E-state index contributed by atoms with van der Waals surface area (Å²) in [7, 11) is 1.72. The Bertz CT molecular complexity index is 944. The highest BCUT2D eigenvalue weighted by molar-refractivity contribution is 6.42. The molecule has 3 rings (SSSR count). The second kappa shape index (κ2) is 9.63. The maximum absolute atomic E-state index is 12.5. The van der Waals surface area contributed by atoms with Crippen molar-refractivity contribution in [3.8, 4) is 5.75 Å². The summed E-state index contributed by atoms with van der Waals surface area (Å²) in [5, 5.41) is 0.948. The van der Waals surface area contributed by atoms with Gasteiger partial charge in [0, 0.05) is 20.0 Å². The summed E-state index contributed by atoms with van der Waals surface area (Å²) < 4.78 is 5.83. The number of halogens is 2. The lowest BCUT2D eigenvalue weighted by atomic mass is 10.0. The average Bonchev–Trinajstić information content (AvgIpc) is 2.71. The summed E-state index contributed by atoms with van der Waals surface area (Å²) in [5.74, 6) is 0.583. The van der Waals surface area contributed by atoms with Crippen LogP contribution in [0.15, 0.2) is 72.8 Å². The zero-order valence-corrected chi connectivity index (χ0v) is 17.1. The molecule has 0 N–H and O–H groups in total. The van der Waals surface area contributed by atoms with Crippen molar-refractivity contribution in [2.24, 2.45) is 0 Å². The van der Waals surface area contributed by atoms with Crippen LogP contribution in [-0.4, -0.2) is 24.5 Å². The van der Waals surface area contributed by atoms with Crippen LogP contribution < -0.4 is 4.74 Å². The van der Waals surface area contributed by atoms with Crippen LogP contribution in [0.4, 0.5) is 0 Å². The van der Waals surface area contributed by atoms with Crippen LogP contribution in [0.1, 0.15) is 16.7 Å². The van der Waals surface area contributed by atoms with E-state index in [1.807, 2.05) is 54.6 Å². The Kier molecular flexibility index (Phi) is 6.96. The topological polar surface area (TPSA) is 29.5 Å². The Labute approximate surface area is 175 Å². The molecule has 0 aliphatic heterocycles. The second-order valence-corrected chi connectivity index (χ2v) is 7.31. The SMILES string of the molecule is CN(Cc1cccc(Cl)c1Cl)C(=O)COc1ccccc1Cc1ccccc1. The van der Waals surface area contributed by atoms with E-state index in [9.17, 15) is 4.79 Å². The molecule has 1 amide bonds. The van der Waals surface area contributed by atoms with Gasteiger partial charge in [0.15, 0.2) is 6.61 Å². The largest absolute Gasteiger partial charge is 0.483 e. The van der Waals surface area contributed by atoms with Gasteiger partial charge in [0.25, 0.3) is 5.91 Å². The zero-order chi connectivity index (χ0) is 19.9. The van der Waals surface area contributed by atoms with Gasteiger partial charge in [-0.3, -0.25) is 4.79 Å². The summed E-state index contributed by atoms with van der Waals surface area (Å²) in [6.07, 6.45) is 0.749. The van der Waals surface area contributed by atoms with Gasteiger partial charge >= 0.3 is 0 Å². The van der Waals surface area contributed by atoms with Crippen molar-refractivity contribution in [3.63, 3.8) is 0 Å². The number of carbonyl (C=O) groups is 1. The van der Waals surface area contributed by atoms with Gasteiger partial charge in [-0.25, -0.2) is 0 Å². The van der Waals surface area contributed by atoms with Crippen molar-refractivity contribution < 1.29 is 9.53 Å². The number of para-hydroxylation sites is 1. The molecular weight excluding hydrogens is 393 g/mol. The Morgan fingerprint density at radius 2 is 1.57 bits per heavy atom. The third-order valence-electron chi connectivity index (χ3n) is 4.43. The first kappa shape index (κ1) is 20.2. The van der Waals surface area contributed by atoms with Gasteiger partial charge in [-0.2, -0.15) is 0 Å². The van der Waals surface area contributed by atoms with Crippen LogP contribution >= 0.6 is 23.2 Å². The van der Waals surface area contributed by atoms with E-state index < -0.39 is 0 Å². The van der Waals surface area contributed by atoms with Gasteiger partial charge in [0.05, 0.1) is 10.0 Å². The van der Waals surface area contributed by atoms with E-state index in [0.717, 1.165) is 17.5 Å². The van der Waals surface area contributed by atoms with Gasteiger partial charge in [-0.15, -0.1) is 0 Å². The third kappa shape index (κ3) is 5.28. The highest BCUT2D eigenvalue weighted by Crippen LogP contribution is 2.26. The van der Waals surface area contributed by atoms with Crippen LogP contribution in [-0.2, 0) is 17.8 Å². The summed E-state index contributed by atoms with van der Waals surface area (Å²) in [6, 6.07) is 23.3. The number of benzene rings is 3. The monoisotopic (exact) mass is 413 g/mol. The van der Waals surface area contributed by atoms with Crippen LogP contribution in [0.5, 0.6) is 5.75 Å². The van der Waals surface area contributed by atoms with Crippen LogP contribution in [0.25, 0.3) is 0 Å².